The normalized spacial score (nSPS) is 16.3. The summed E-state index contributed by atoms with van der Waals surface area (Å²) in [7, 11) is 2.01. The van der Waals surface area contributed by atoms with E-state index < -0.39 is 5.97 Å². The smallest absolute Gasteiger partial charge is 0.336 e. The first-order valence-electron chi connectivity index (χ1n) is 8.13. The molecule has 1 aliphatic rings. The number of carboxylic acids is 1. The zero-order valence-electron chi connectivity index (χ0n) is 14.1. The molecule has 25 heavy (non-hydrogen) atoms. The van der Waals surface area contributed by atoms with Crippen LogP contribution in [0.15, 0.2) is 35.7 Å². The molecule has 0 fully saturated rings. The van der Waals surface area contributed by atoms with Crippen LogP contribution >= 0.6 is 11.3 Å². The molecular weight excluding hydrogens is 332 g/mol. The van der Waals surface area contributed by atoms with E-state index in [0.29, 0.717) is 17.5 Å². The van der Waals surface area contributed by atoms with Gasteiger partial charge < -0.3 is 5.11 Å². The van der Waals surface area contributed by atoms with Gasteiger partial charge in [0.25, 0.3) is 0 Å². The fourth-order valence-corrected chi connectivity index (χ4v) is 4.29. The first-order valence-corrected chi connectivity index (χ1v) is 9.01. The Kier molecular flexibility index (Phi) is 3.90. The standard InChI is InChI=1S/C20H18N2O2S/c1-12-7-8-25-17(12)9-13-10-22(2)11-15-18(20(23)24)14-5-3-4-6-16(14)21-19(13)15/h3-9H,10-11H2,1-2H3,(H,23,24). The molecule has 3 heterocycles. The molecule has 0 radical (unpaired) electrons. The number of thiophene rings is 1. The number of carbonyl (C=O) groups is 1. The molecule has 0 spiro atoms. The fraction of sp³-hybridized carbons (Fsp3) is 0.200. The van der Waals surface area contributed by atoms with Crippen molar-refractivity contribution in [2.45, 2.75) is 13.5 Å². The first-order chi connectivity index (χ1) is 12.0. The van der Waals surface area contributed by atoms with E-state index >= 15 is 0 Å². The maximum absolute atomic E-state index is 12.0. The number of carboxylic acid groups (broad SMARTS) is 1. The lowest BCUT2D eigenvalue weighted by molar-refractivity contribution is 0.0696. The van der Waals surface area contributed by atoms with Crippen LogP contribution in [0.4, 0.5) is 0 Å². The Labute approximate surface area is 150 Å². The third kappa shape index (κ3) is 2.75. The van der Waals surface area contributed by atoms with Crippen LogP contribution in [0.1, 0.15) is 32.1 Å². The number of benzene rings is 1. The van der Waals surface area contributed by atoms with E-state index in [9.17, 15) is 9.90 Å². The summed E-state index contributed by atoms with van der Waals surface area (Å²) in [6.45, 7) is 3.44. The van der Waals surface area contributed by atoms with Crippen molar-refractivity contribution >= 4 is 39.9 Å². The van der Waals surface area contributed by atoms with Gasteiger partial charge >= 0.3 is 5.97 Å². The number of hydrogen-bond acceptors (Lipinski definition) is 4. The highest BCUT2D eigenvalue weighted by molar-refractivity contribution is 7.11. The van der Waals surface area contributed by atoms with E-state index in [-0.39, 0.29) is 0 Å². The fourth-order valence-electron chi connectivity index (χ4n) is 3.41. The van der Waals surface area contributed by atoms with Crippen molar-refractivity contribution in [3.63, 3.8) is 0 Å². The zero-order chi connectivity index (χ0) is 17.6. The lowest BCUT2D eigenvalue weighted by Gasteiger charge is -2.28. The van der Waals surface area contributed by atoms with Crippen LogP contribution in [0.2, 0.25) is 0 Å². The van der Waals surface area contributed by atoms with Gasteiger partial charge in [0.2, 0.25) is 0 Å². The van der Waals surface area contributed by atoms with Crippen molar-refractivity contribution in [2.24, 2.45) is 0 Å². The van der Waals surface area contributed by atoms with Crippen LogP contribution in [0.3, 0.4) is 0 Å². The van der Waals surface area contributed by atoms with E-state index in [1.807, 2.05) is 31.3 Å². The van der Waals surface area contributed by atoms with Crippen molar-refractivity contribution in [2.75, 3.05) is 13.6 Å². The van der Waals surface area contributed by atoms with Gasteiger partial charge in [0.1, 0.15) is 0 Å². The van der Waals surface area contributed by atoms with Gasteiger partial charge in [-0.15, -0.1) is 11.3 Å². The minimum atomic E-state index is -0.892. The van der Waals surface area contributed by atoms with Crippen LogP contribution in [-0.4, -0.2) is 34.6 Å². The Morgan fingerprint density at radius 3 is 2.80 bits per heavy atom. The van der Waals surface area contributed by atoms with E-state index in [2.05, 4.69) is 29.3 Å². The lowest BCUT2D eigenvalue weighted by atomic mass is 9.93. The highest BCUT2D eigenvalue weighted by Gasteiger charge is 2.27. The van der Waals surface area contributed by atoms with Gasteiger partial charge in [-0.25, -0.2) is 9.78 Å². The van der Waals surface area contributed by atoms with E-state index in [1.54, 1.807) is 11.3 Å². The van der Waals surface area contributed by atoms with Crippen LogP contribution in [0.5, 0.6) is 0 Å². The molecule has 0 amide bonds. The molecule has 4 nitrogen and oxygen atoms in total. The summed E-state index contributed by atoms with van der Waals surface area (Å²) in [4.78, 5) is 20.2. The van der Waals surface area contributed by atoms with Crippen molar-refractivity contribution in [3.8, 4) is 0 Å². The summed E-state index contributed by atoms with van der Waals surface area (Å²) in [5.41, 5.74) is 5.04. The largest absolute Gasteiger partial charge is 0.478 e. The van der Waals surface area contributed by atoms with Crippen molar-refractivity contribution in [1.82, 2.24) is 9.88 Å². The number of para-hydroxylation sites is 1. The SMILES string of the molecule is Cc1ccsc1C=C1CN(C)Cc2c1nc1ccccc1c2C(=O)O. The molecule has 0 saturated heterocycles. The number of hydrogen-bond donors (Lipinski definition) is 1. The molecule has 126 valence electrons. The average Bonchev–Trinajstić information content (AvgIpc) is 2.97. The molecule has 0 unspecified atom stereocenters. The molecule has 2 aromatic heterocycles. The third-order valence-corrected chi connectivity index (χ3v) is 5.55. The topological polar surface area (TPSA) is 53.4 Å². The quantitative estimate of drug-likeness (QED) is 0.749. The van der Waals surface area contributed by atoms with Gasteiger partial charge in [-0.05, 0) is 48.7 Å². The molecule has 3 aromatic rings. The maximum atomic E-state index is 12.0. The van der Waals surface area contributed by atoms with Gasteiger partial charge in [-0.3, -0.25) is 4.90 Å². The summed E-state index contributed by atoms with van der Waals surface area (Å²) in [5, 5.41) is 12.6. The van der Waals surface area contributed by atoms with Gasteiger partial charge in [0.15, 0.2) is 0 Å². The molecule has 4 rings (SSSR count). The summed E-state index contributed by atoms with van der Waals surface area (Å²) in [5.74, 6) is -0.892. The van der Waals surface area contributed by atoms with Crippen LogP contribution < -0.4 is 0 Å². The average molecular weight is 350 g/mol. The minimum Gasteiger partial charge on any atom is -0.478 e. The Morgan fingerprint density at radius 1 is 1.28 bits per heavy atom. The minimum absolute atomic E-state index is 0.376. The molecule has 0 saturated carbocycles. The number of aromatic nitrogens is 1. The third-order valence-electron chi connectivity index (χ3n) is 4.59. The predicted molar refractivity (Wildman–Crippen MR) is 102 cm³/mol. The van der Waals surface area contributed by atoms with E-state index in [4.69, 9.17) is 4.98 Å². The summed E-state index contributed by atoms with van der Waals surface area (Å²) < 4.78 is 0. The predicted octanol–water partition coefficient (Wildman–Crippen LogP) is 4.29. The Bertz CT molecular complexity index is 1020. The van der Waals surface area contributed by atoms with Crippen molar-refractivity contribution < 1.29 is 9.90 Å². The Hall–Kier alpha value is -2.50. The summed E-state index contributed by atoms with van der Waals surface area (Å²) >= 11 is 1.69. The second kappa shape index (κ2) is 6.10. The van der Waals surface area contributed by atoms with Gasteiger partial charge in [0, 0.05) is 28.9 Å². The van der Waals surface area contributed by atoms with Gasteiger partial charge in [-0.1, -0.05) is 18.2 Å². The highest BCUT2D eigenvalue weighted by atomic mass is 32.1. The number of aromatic carboxylic acids is 1. The molecule has 5 heteroatoms. The monoisotopic (exact) mass is 350 g/mol. The molecule has 1 aliphatic heterocycles. The number of likely N-dealkylation sites (N-methyl/N-ethyl adjacent to an activating group) is 1. The van der Waals surface area contributed by atoms with Crippen LogP contribution in [0, 0.1) is 6.92 Å². The number of fused-ring (bicyclic) bond motifs is 2. The number of nitrogens with zero attached hydrogens (tertiary/aromatic N) is 2. The van der Waals surface area contributed by atoms with E-state index in [1.165, 1.54) is 10.4 Å². The second-order valence-electron chi connectivity index (χ2n) is 6.45. The second-order valence-corrected chi connectivity index (χ2v) is 7.39. The highest BCUT2D eigenvalue weighted by Crippen LogP contribution is 2.34. The number of rotatable bonds is 2. The molecule has 0 atom stereocenters. The van der Waals surface area contributed by atoms with Crippen molar-refractivity contribution in [1.29, 1.82) is 0 Å². The summed E-state index contributed by atoms with van der Waals surface area (Å²) in [6, 6.07) is 9.58. The van der Waals surface area contributed by atoms with E-state index in [0.717, 1.165) is 28.9 Å². The van der Waals surface area contributed by atoms with Gasteiger partial charge in [0.05, 0.1) is 16.8 Å². The maximum Gasteiger partial charge on any atom is 0.336 e. The Balaban J connectivity index is 2.02. The Morgan fingerprint density at radius 2 is 2.08 bits per heavy atom. The van der Waals surface area contributed by atoms with Crippen LogP contribution in [0.25, 0.3) is 22.6 Å². The zero-order valence-corrected chi connectivity index (χ0v) is 14.9. The molecule has 0 bridgehead atoms. The molecule has 0 aliphatic carbocycles. The summed E-state index contributed by atoms with van der Waals surface area (Å²) in [6.07, 6.45) is 2.15. The number of aryl methyl sites for hydroxylation is 1. The first kappa shape index (κ1) is 16.0. The molecule has 1 aromatic carbocycles. The number of pyridine rings is 1. The molecular formula is C20H18N2O2S. The van der Waals surface area contributed by atoms with Crippen molar-refractivity contribution in [3.05, 3.63) is 63.0 Å². The lowest BCUT2D eigenvalue weighted by Crippen LogP contribution is -2.28. The van der Waals surface area contributed by atoms with Crippen LogP contribution in [-0.2, 0) is 6.54 Å². The molecule has 1 N–H and O–H groups in total. The van der Waals surface area contributed by atoms with Gasteiger partial charge in [-0.2, -0.15) is 0 Å².